The molecule has 0 spiro atoms. The van der Waals surface area contributed by atoms with E-state index in [0.29, 0.717) is 13.0 Å². The van der Waals surface area contributed by atoms with Crippen molar-refractivity contribution in [1.82, 2.24) is 9.97 Å². The Kier molecular flexibility index (Phi) is 4.03. The van der Waals surface area contributed by atoms with Gasteiger partial charge in [-0.15, -0.1) is 0 Å². The lowest BCUT2D eigenvalue weighted by atomic mass is 10.0. The van der Waals surface area contributed by atoms with Gasteiger partial charge in [-0.3, -0.25) is 0 Å². The van der Waals surface area contributed by atoms with Crippen molar-refractivity contribution in [3.63, 3.8) is 0 Å². The largest absolute Gasteiger partial charge is 0.451 e. The molecule has 1 heterocycles. The highest BCUT2D eigenvalue weighted by Crippen LogP contribution is 2.48. The molecule has 8 heteroatoms. The van der Waals surface area contributed by atoms with E-state index in [1.165, 1.54) is 13.1 Å². The Bertz CT molecular complexity index is 474. The number of hydrogen-bond donors (Lipinski definition) is 3. The van der Waals surface area contributed by atoms with Crippen molar-refractivity contribution in [2.75, 3.05) is 30.8 Å². The smallest absolute Gasteiger partial charge is 0.396 e. The predicted molar refractivity (Wildman–Crippen MR) is 68.4 cm³/mol. The Morgan fingerprint density at radius 2 is 1.95 bits per heavy atom. The Morgan fingerprint density at radius 3 is 2.45 bits per heavy atom. The minimum absolute atomic E-state index is 0.00208. The van der Waals surface area contributed by atoms with Crippen molar-refractivity contribution in [1.29, 1.82) is 0 Å². The highest BCUT2D eigenvalue weighted by molar-refractivity contribution is 5.47. The lowest BCUT2D eigenvalue weighted by molar-refractivity contribution is -0.144. The zero-order valence-electron chi connectivity index (χ0n) is 11.1. The molecule has 0 unspecified atom stereocenters. The number of aliphatic hydroxyl groups excluding tert-OH is 1. The highest BCUT2D eigenvalue weighted by Gasteiger charge is 2.42. The molecule has 0 aromatic carbocycles. The second-order valence-corrected chi connectivity index (χ2v) is 5.04. The first kappa shape index (κ1) is 14.8. The Balaban J connectivity index is 2.11. The molecule has 0 aliphatic heterocycles. The van der Waals surface area contributed by atoms with Crippen LogP contribution in [0.3, 0.4) is 0 Å². The summed E-state index contributed by atoms with van der Waals surface area (Å²) >= 11 is 0. The molecule has 1 aliphatic carbocycles. The third-order valence-corrected chi connectivity index (χ3v) is 3.48. The minimum Gasteiger partial charge on any atom is -0.396 e. The zero-order valence-corrected chi connectivity index (χ0v) is 11.1. The van der Waals surface area contributed by atoms with E-state index in [9.17, 15) is 13.2 Å². The molecular formula is C12H17F3N4O. The van der Waals surface area contributed by atoms with Crippen molar-refractivity contribution in [3.05, 3.63) is 11.9 Å². The fourth-order valence-electron chi connectivity index (χ4n) is 2.00. The van der Waals surface area contributed by atoms with Gasteiger partial charge in [0.15, 0.2) is 0 Å². The first-order chi connectivity index (χ1) is 9.38. The van der Waals surface area contributed by atoms with Crippen LogP contribution < -0.4 is 10.6 Å². The van der Waals surface area contributed by atoms with E-state index in [4.69, 9.17) is 5.11 Å². The lowest BCUT2D eigenvalue weighted by Gasteiger charge is -2.16. The molecule has 0 bridgehead atoms. The third kappa shape index (κ3) is 3.50. The summed E-state index contributed by atoms with van der Waals surface area (Å²) in [7, 11) is 1.50. The molecule has 5 nitrogen and oxygen atoms in total. The summed E-state index contributed by atoms with van der Waals surface area (Å²) in [6.45, 7) is 0.589. The van der Waals surface area contributed by atoms with Gasteiger partial charge in [-0.25, -0.2) is 9.97 Å². The second-order valence-electron chi connectivity index (χ2n) is 5.04. The van der Waals surface area contributed by atoms with Gasteiger partial charge in [-0.05, 0) is 24.7 Å². The number of nitrogens with one attached hydrogen (secondary N) is 2. The van der Waals surface area contributed by atoms with E-state index in [1.54, 1.807) is 0 Å². The summed E-state index contributed by atoms with van der Waals surface area (Å²) < 4.78 is 38.0. The molecule has 0 radical (unpaired) electrons. The average Bonchev–Trinajstić information content (AvgIpc) is 3.16. The summed E-state index contributed by atoms with van der Waals surface area (Å²) in [6, 6.07) is 1.43. The number of hydrogen-bond acceptors (Lipinski definition) is 5. The first-order valence-corrected chi connectivity index (χ1v) is 6.37. The number of rotatable bonds is 6. The molecule has 112 valence electrons. The first-order valence-electron chi connectivity index (χ1n) is 6.37. The number of halogens is 3. The number of aromatic nitrogens is 2. The number of nitrogens with zero attached hydrogens (tertiary/aromatic N) is 2. The maximum Gasteiger partial charge on any atom is 0.451 e. The maximum absolute atomic E-state index is 12.7. The van der Waals surface area contributed by atoms with Gasteiger partial charge in [0, 0.05) is 26.3 Å². The Hall–Kier alpha value is -1.57. The lowest BCUT2D eigenvalue weighted by Crippen LogP contribution is -2.19. The third-order valence-electron chi connectivity index (χ3n) is 3.48. The molecule has 2 rings (SSSR count). The molecule has 3 N–H and O–H groups in total. The van der Waals surface area contributed by atoms with Crippen LogP contribution in [0.4, 0.5) is 24.8 Å². The fourth-order valence-corrected chi connectivity index (χ4v) is 2.00. The van der Waals surface area contributed by atoms with Crippen LogP contribution in [0.2, 0.25) is 0 Å². The van der Waals surface area contributed by atoms with E-state index < -0.39 is 12.0 Å². The molecule has 1 aliphatic rings. The van der Waals surface area contributed by atoms with Crippen LogP contribution in [0, 0.1) is 5.41 Å². The second kappa shape index (κ2) is 5.43. The molecule has 1 aromatic heterocycles. The molecule has 1 saturated carbocycles. The van der Waals surface area contributed by atoms with E-state index >= 15 is 0 Å². The molecule has 0 amide bonds. The highest BCUT2D eigenvalue weighted by atomic mass is 19.4. The summed E-state index contributed by atoms with van der Waals surface area (Å²) in [6.07, 6.45) is -1.99. The summed E-state index contributed by atoms with van der Waals surface area (Å²) in [5.74, 6) is -0.915. The topological polar surface area (TPSA) is 70.1 Å². The van der Waals surface area contributed by atoms with Crippen LogP contribution in [0.5, 0.6) is 0 Å². The summed E-state index contributed by atoms with van der Waals surface area (Å²) in [4.78, 5) is 6.89. The van der Waals surface area contributed by atoms with Crippen LogP contribution in [0.1, 0.15) is 25.1 Å². The van der Waals surface area contributed by atoms with Crippen LogP contribution in [0.15, 0.2) is 6.07 Å². The Morgan fingerprint density at radius 1 is 1.30 bits per heavy atom. The van der Waals surface area contributed by atoms with Crippen LogP contribution in [-0.2, 0) is 6.18 Å². The normalized spacial score (nSPS) is 16.9. The zero-order chi connectivity index (χ0) is 14.8. The molecular weight excluding hydrogens is 273 g/mol. The summed E-state index contributed by atoms with van der Waals surface area (Å²) in [5, 5.41) is 14.5. The van der Waals surface area contributed by atoms with Crippen LogP contribution >= 0.6 is 0 Å². The SMILES string of the molecule is CNc1cc(NCC2(CCO)CC2)nc(C(F)(F)F)n1. The van der Waals surface area contributed by atoms with Gasteiger partial charge in [0.1, 0.15) is 11.6 Å². The van der Waals surface area contributed by atoms with Crippen molar-refractivity contribution >= 4 is 11.6 Å². The van der Waals surface area contributed by atoms with Gasteiger partial charge in [-0.1, -0.05) is 0 Å². The predicted octanol–water partition coefficient (Wildman–Crippen LogP) is 2.11. The van der Waals surface area contributed by atoms with Gasteiger partial charge in [-0.2, -0.15) is 13.2 Å². The summed E-state index contributed by atoms with van der Waals surface area (Å²) in [5.41, 5.74) is -0.00208. The molecule has 20 heavy (non-hydrogen) atoms. The number of anilines is 2. The standard InChI is InChI=1S/C12H17F3N4O/c1-16-8-6-9(19-10(18-8)12(13,14)15)17-7-11(2-3-11)4-5-20/h6,20H,2-5,7H2,1H3,(H2,16,17,18,19). The molecule has 1 fully saturated rings. The van der Waals surface area contributed by atoms with Crippen molar-refractivity contribution in [2.45, 2.75) is 25.4 Å². The van der Waals surface area contributed by atoms with Gasteiger partial charge < -0.3 is 15.7 Å². The number of aliphatic hydroxyl groups is 1. The molecule has 0 saturated heterocycles. The van der Waals surface area contributed by atoms with Crippen molar-refractivity contribution in [3.8, 4) is 0 Å². The molecule has 1 aromatic rings. The van der Waals surface area contributed by atoms with E-state index in [1.807, 2.05) is 0 Å². The minimum atomic E-state index is -4.58. The Labute approximate surface area is 114 Å². The van der Waals surface area contributed by atoms with E-state index in [-0.39, 0.29) is 23.7 Å². The van der Waals surface area contributed by atoms with Gasteiger partial charge >= 0.3 is 6.18 Å². The van der Waals surface area contributed by atoms with E-state index in [0.717, 1.165) is 12.8 Å². The quantitative estimate of drug-likeness (QED) is 0.748. The van der Waals surface area contributed by atoms with Gasteiger partial charge in [0.2, 0.25) is 5.82 Å². The van der Waals surface area contributed by atoms with Crippen molar-refractivity contribution in [2.24, 2.45) is 5.41 Å². The molecule has 0 atom stereocenters. The number of alkyl halides is 3. The fraction of sp³-hybridized carbons (Fsp3) is 0.667. The monoisotopic (exact) mass is 290 g/mol. The van der Waals surface area contributed by atoms with Crippen molar-refractivity contribution < 1.29 is 18.3 Å². The maximum atomic E-state index is 12.7. The van der Waals surface area contributed by atoms with Crippen LogP contribution in [0.25, 0.3) is 0 Å². The van der Waals surface area contributed by atoms with Crippen LogP contribution in [-0.4, -0.2) is 35.3 Å². The van der Waals surface area contributed by atoms with E-state index in [2.05, 4.69) is 20.6 Å². The van der Waals surface area contributed by atoms with Gasteiger partial charge in [0.05, 0.1) is 0 Å². The average molecular weight is 290 g/mol. The van der Waals surface area contributed by atoms with Gasteiger partial charge in [0.25, 0.3) is 0 Å².